The number of nitrogens with one attached hydrogen (secondary N) is 1. The van der Waals surface area contributed by atoms with Crippen LogP contribution in [-0.2, 0) is 14.8 Å². The summed E-state index contributed by atoms with van der Waals surface area (Å²) in [5.41, 5.74) is -2.99. The summed E-state index contributed by atoms with van der Waals surface area (Å²) in [6.07, 6.45) is 6.60. The van der Waals surface area contributed by atoms with E-state index in [9.17, 15) is 26.4 Å². The predicted octanol–water partition coefficient (Wildman–Crippen LogP) is 4.74. The quantitative estimate of drug-likeness (QED) is 0.245. The zero-order valence-electron chi connectivity index (χ0n) is 21.0. The molecular weight excluding hydrogens is 533 g/mol. The Labute approximate surface area is 218 Å². The van der Waals surface area contributed by atoms with Gasteiger partial charge in [0.25, 0.3) is 0 Å². The SMILES string of the molecule is CCCCOC(=O)c1nnc(NN=C2C[C@]3(C)CCCN(CCCC)C3=CC2=NS(=O)(=O)C(F)(F)F)s1. The van der Waals surface area contributed by atoms with E-state index in [4.69, 9.17) is 4.74 Å². The Morgan fingerprint density at radius 2 is 2.00 bits per heavy atom. The molecule has 1 atom stereocenters. The van der Waals surface area contributed by atoms with Gasteiger partial charge in [-0.25, -0.2) is 4.79 Å². The van der Waals surface area contributed by atoms with E-state index in [1.165, 1.54) is 6.08 Å². The number of anilines is 1. The number of ether oxygens (including phenoxy) is 1. The lowest BCUT2D eigenvalue weighted by Crippen LogP contribution is -2.45. The lowest BCUT2D eigenvalue weighted by atomic mass is 9.70. The number of nitrogens with zero attached hydrogens (tertiary/aromatic N) is 5. The van der Waals surface area contributed by atoms with Gasteiger partial charge in [-0.3, -0.25) is 5.43 Å². The number of hydrazone groups is 1. The summed E-state index contributed by atoms with van der Waals surface area (Å²) in [5.74, 6) is -0.641. The number of unbranched alkanes of at least 4 members (excludes halogenated alkanes) is 2. The van der Waals surface area contributed by atoms with Crippen molar-refractivity contribution in [2.75, 3.05) is 25.1 Å². The molecule has 0 unspecified atom stereocenters. The number of carbonyl (C=O) groups is 1. The number of likely N-dealkylation sites (tertiary alicyclic amines) is 1. The maximum atomic E-state index is 13.2. The number of sulfonamides is 1. The van der Waals surface area contributed by atoms with Gasteiger partial charge in [0.05, 0.1) is 12.3 Å². The van der Waals surface area contributed by atoms with Crippen LogP contribution in [-0.4, -0.2) is 66.1 Å². The van der Waals surface area contributed by atoms with Gasteiger partial charge in [0.1, 0.15) is 5.71 Å². The third-order valence-electron chi connectivity index (χ3n) is 6.15. The first-order chi connectivity index (χ1) is 17.4. The third-order valence-corrected chi connectivity index (χ3v) is 7.98. The zero-order chi connectivity index (χ0) is 27.3. The number of aromatic nitrogens is 2. The molecule has 37 heavy (non-hydrogen) atoms. The van der Waals surface area contributed by atoms with E-state index in [2.05, 4.69) is 30.0 Å². The average Bonchev–Trinajstić information content (AvgIpc) is 3.30. The number of allylic oxidation sites excluding steroid dienone is 2. The Kier molecular flexibility index (Phi) is 9.32. The first-order valence-electron chi connectivity index (χ1n) is 12.1. The van der Waals surface area contributed by atoms with Crippen LogP contribution in [0.3, 0.4) is 0 Å². The molecule has 1 aromatic rings. The van der Waals surface area contributed by atoms with Crippen molar-refractivity contribution in [1.29, 1.82) is 0 Å². The number of piperidine rings is 1. The highest BCUT2D eigenvalue weighted by Gasteiger charge is 2.48. The molecule has 1 aliphatic carbocycles. The molecule has 2 heterocycles. The number of carbonyl (C=O) groups excluding carboxylic acids is 1. The molecule has 0 saturated carbocycles. The minimum absolute atomic E-state index is 0.0102. The van der Waals surface area contributed by atoms with Crippen molar-refractivity contribution in [2.24, 2.45) is 14.9 Å². The summed E-state index contributed by atoms with van der Waals surface area (Å²) < 4.78 is 71.6. The van der Waals surface area contributed by atoms with Crippen LogP contribution < -0.4 is 5.43 Å². The van der Waals surface area contributed by atoms with Gasteiger partial charge in [0.15, 0.2) is 0 Å². The zero-order valence-corrected chi connectivity index (χ0v) is 22.6. The molecule has 1 fully saturated rings. The topological polar surface area (TPSA) is 126 Å². The molecule has 1 aromatic heterocycles. The Morgan fingerprint density at radius 3 is 2.68 bits per heavy atom. The predicted molar refractivity (Wildman–Crippen MR) is 135 cm³/mol. The third kappa shape index (κ3) is 7.06. The first kappa shape index (κ1) is 29.0. The van der Waals surface area contributed by atoms with E-state index >= 15 is 0 Å². The smallest absolute Gasteiger partial charge is 0.460 e. The normalized spacial score (nSPS) is 22.6. The van der Waals surface area contributed by atoms with Crippen LogP contribution in [0, 0.1) is 5.41 Å². The fourth-order valence-corrected chi connectivity index (χ4v) is 5.28. The second-order valence-corrected chi connectivity index (χ2v) is 11.8. The summed E-state index contributed by atoms with van der Waals surface area (Å²) in [4.78, 5) is 14.2. The standard InChI is InChI=1S/C22H31F3N6O4S2/c1-4-6-10-31-11-8-9-21(3)14-16(15(13-17(21)31)30-37(33,34)22(23,24)25)26-28-20-29-27-18(36-20)19(32)35-12-7-5-2/h13H,4-12,14H2,1-3H3,(H,28,29)/t21-/m0/s1. The minimum atomic E-state index is -5.79. The van der Waals surface area contributed by atoms with Gasteiger partial charge in [0.2, 0.25) is 10.1 Å². The fraction of sp³-hybridized carbons (Fsp3) is 0.682. The van der Waals surface area contributed by atoms with Crippen LogP contribution in [0.15, 0.2) is 21.3 Å². The van der Waals surface area contributed by atoms with Crippen molar-refractivity contribution >= 4 is 43.9 Å². The Balaban J connectivity index is 1.94. The van der Waals surface area contributed by atoms with Gasteiger partial charge in [-0.1, -0.05) is 44.9 Å². The van der Waals surface area contributed by atoms with Crippen molar-refractivity contribution in [3.63, 3.8) is 0 Å². The van der Waals surface area contributed by atoms with Crippen molar-refractivity contribution in [2.45, 2.75) is 71.2 Å². The highest BCUT2D eigenvalue weighted by molar-refractivity contribution is 7.91. The summed E-state index contributed by atoms with van der Waals surface area (Å²) in [5, 5.41) is 11.8. The van der Waals surface area contributed by atoms with Crippen molar-refractivity contribution in [1.82, 2.24) is 15.1 Å². The van der Waals surface area contributed by atoms with E-state index in [1.807, 2.05) is 20.8 Å². The van der Waals surface area contributed by atoms with Gasteiger partial charge < -0.3 is 9.64 Å². The highest BCUT2D eigenvalue weighted by atomic mass is 32.2. The first-order valence-corrected chi connectivity index (χ1v) is 14.4. The maximum absolute atomic E-state index is 13.2. The molecule has 0 amide bonds. The summed E-state index contributed by atoms with van der Waals surface area (Å²) >= 11 is 0.861. The van der Waals surface area contributed by atoms with Gasteiger partial charge in [-0.2, -0.15) is 31.1 Å². The summed E-state index contributed by atoms with van der Waals surface area (Å²) in [6.45, 7) is 7.67. The molecule has 206 valence electrons. The molecule has 15 heteroatoms. The van der Waals surface area contributed by atoms with Crippen LogP contribution in [0.5, 0.6) is 0 Å². The van der Waals surface area contributed by atoms with Crippen molar-refractivity contribution < 1.29 is 31.1 Å². The molecule has 1 N–H and O–H groups in total. The molecule has 1 saturated heterocycles. The van der Waals surface area contributed by atoms with E-state index in [-0.39, 0.29) is 34.6 Å². The number of hydrogen-bond acceptors (Lipinski definition) is 10. The number of esters is 1. The Hall–Kier alpha value is -2.55. The van der Waals surface area contributed by atoms with Gasteiger partial charge >= 0.3 is 21.5 Å². The van der Waals surface area contributed by atoms with Crippen LogP contribution >= 0.6 is 11.3 Å². The average molecular weight is 565 g/mol. The lowest BCUT2D eigenvalue weighted by molar-refractivity contribution is -0.0435. The molecule has 1 aliphatic heterocycles. The van der Waals surface area contributed by atoms with Crippen molar-refractivity contribution in [3.8, 4) is 0 Å². The molecule has 0 spiro atoms. The molecule has 3 rings (SSSR count). The largest absolute Gasteiger partial charge is 0.518 e. The van der Waals surface area contributed by atoms with Crippen molar-refractivity contribution in [3.05, 3.63) is 16.8 Å². The highest BCUT2D eigenvalue weighted by Crippen LogP contribution is 2.45. The van der Waals surface area contributed by atoms with E-state index < -0.39 is 26.9 Å². The van der Waals surface area contributed by atoms with Gasteiger partial charge in [0, 0.05) is 30.6 Å². The van der Waals surface area contributed by atoms with E-state index in [0.29, 0.717) is 13.0 Å². The molecule has 2 aliphatic rings. The number of halogens is 3. The van der Waals surface area contributed by atoms with Crippen LogP contribution in [0.2, 0.25) is 0 Å². The second kappa shape index (κ2) is 11.9. The Bertz CT molecular complexity index is 1180. The van der Waals surface area contributed by atoms with Gasteiger partial charge in [-0.15, -0.1) is 10.2 Å². The molecule has 0 aromatic carbocycles. The van der Waals surface area contributed by atoms with E-state index in [1.54, 1.807) is 0 Å². The van der Waals surface area contributed by atoms with Crippen LogP contribution in [0.25, 0.3) is 0 Å². The van der Waals surface area contributed by atoms with Crippen LogP contribution in [0.1, 0.15) is 75.5 Å². The van der Waals surface area contributed by atoms with Gasteiger partial charge in [-0.05, 0) is 31.8 Å². The van der Waals surface area contributed by atoms with Crippen LogP contribution in [0.4, 0.5) is 18.3 Å². The lowest BCUT2D eigenvalue weighted by Gasteiger charge is -2.46. The second-order valence-electron chi connectivity index (χ2n) is 9.18. The summed E-state index contributed by atoms with van der Waals surface area (Å²) in [6, 6.07) is 0. The molecule has 10 nitrogen and oxygen atoms in total. The minimum Gasteiger partial charge on any atom is -0.460 e. The summed E-state index contributed by atoms with van der Waals surface area (Å²) in [7, 11) is -5.79. The van der Waals surface area contributed by atoms with E-state index in [0.717, 1.165) is 55.7 Å². The molecular formula is C22H31F3N6O4S2. The molecule has 0 bridgehead atoms. The Morgan fingerprint density at radius 1 is 1.27 bits per heavy atom. The number of hydrogen-bond donors (Lipinski definition) is 1. The maximum Gasteiger partial charge on any atom is 0.518 e. The number of rotatable bonds is 10. The molecule has 0 radical (unpaired) electrons. The monoisotopic (exact) mass is 564 g/mol. The fourth-order valence-electron chi connectivity index (χ4n) is 4.18. The number of fused-ring (bicyclic) bond motifs is 1. The number of alkyl halides is 3.